The second kappa shape index (κ2) is 3.62. The Morgan fingerprint density at radius 3 is 2.47 bits per heavy atom. The van der Waals surface area contributed by atoms with E-state index < -0.39 is 23.2 Å². The lowest BCUT2D eigenvalue weighted by atomic mass is 9.92. The van der Waals surface area contributed by atoms with Crippen LogP contribution < -0.4 is 4.74 Å². The molecule has 17 heavy (non-hydrogen) atoms. The van der Waals surface area contributed by atoms with E-state index in [9.17, 15) is 17.6 Å². The Hall–Kier alpha value is -1.26. The van der Waals surface area contributed by atoms with E-state index in [1.54, 1.807) is 13.8 Å². The van der Waals surface area contributed by atoms with Crippen LogP contribution in [0.15, 0.2) is 12.1 Å². The van der Waals surface area contributed by atoms with E-state index in [0.717, 1.165) is 12.1 Å². The van der Waals surface area contributed by atoms with Crippen LogP contribution in [0, 0.1) is 5.82 Å². The predicted molar refractivity (Wildman–Crippen MR) is 54.4 cm³/mol. The van der Waals surface area contributed by atoms with E-state index in [0.29, 0.717) is 6.42 Å². The largest absolute Gasteiger partial charge is 0.487 e. The summed E-state index contributed by atoms with van der Waals surface area (Å²) >= 11 is 0. The Labute approximate surface area is 96.4 Å². The Kier molecular flexibility index (Phi) is 2.60. The van der Waals surface area contributed by atoms with Gasteiger partial charge in [0, 0.05) is 5.56 Å². The molecule has 1 aliphatic rings. The number of alkyl halides is 3. The summed E-state index contributed by atoms with van der Waals surface area (Å²) in [4.78, 5) is 0. The van der Waals surface area contributed by atoms with Gasteiger partial charge in [-0.1, -0.05) is 0 Å². The molecule has 0 aromatic heterocycles. The van der Waals surface area contributed by atoms with Gasteiger partial charge in [0.25, 0.3) is 0 Å². The fourth-order valence-electron chi connectivity index (χ4n) is 1.93. The van der Waals surface area contributed by atoms with Crippen molar-refractivity contribution in [3.63, 3.8) is 0 Å². The molecule has 0 saturated heterocycles. The van der Waals surface area contributed by atoms with Crippen LogP contribution in [-0.4, -0.2) is 5.60 Å². The second-order valence-corrected chi connectivity index (χ2v) is 4.76. The second-order valence-electron chi connectivity index (χ2n) is 4.76. The first kappa shape index (κ1) is 12.2. The van der Waals surface area contributed by atoms with Crippen molar-refractivity contribution in [3.8, 4) is 5.75 Å². The molecule has 0 bridgehead atoms. The highest BCUT2D eigenvalue weighted by molar-refractivity contribution is 5.46. The standard InChI is InChI=1S/C12H12F4O/c1-11(2)6-5-7-9(13)4-3-8(10(7)17-11)12(14,15)16/h3-4H,5-6H2,1-2H3. The van der Waals surface area contributed by atoms with Crippen LogP contribution >= 0.6 is 0 Å². The van der Waals surface area contributed by atoms with Crippen LogP contribution in [0.3, 0.4) is 0 Å². The maximum atomic E-state index is 13.4. The minimum Gasteiger partial charge on any atom is -0.487 e. The summed E-state index contributed by atoms with van der Waals surface area (Å²) in [7, 11) is 0. The zero-order chi connectivity index (χ0) is 12.8. The average Bonchev–Trinajstić information content (AvgIpc) is 2.14. The topological polar surface area (TPSA) is 9.23 Å². The molecule has 0 fully saturated rings. The molecule has 1 aromatic carbocycles. The van der Waals surface area contributed by atoms with Crippen LogP contribution in [0.5, 0.6) is 5.75 Å². The quantitative estimate of drug-likeness (QED) is 0.632. The molecule has 0 amide bonds. The van der Waals surface area contributed by atoms with Gasteiger partial charge in [0.05, 0.1) is 5.56 Å². The summed E-state index contributed by atoms with van der Waals surface area (Å²) in [5, 5.41) is 0. The number of fused-ring (bicyclic) bond motifs is 1. The minimum atomic E-state index is -4.52. The molecule has 1 aliphatic heterocycles. The summed E-state index contributed by atoms with van der Waals surface area (Å²) in [6, 6.07) is 1.58. The molecule has 1 heterocycles. The van der Waals surface area contributed by atoms with Gasteiger partial charge in [0.2, 0.25) is 0 Å². The van der Waals surface area contributed by atoms with Gasteiger partial charge in [-0.3, -0.25) is 0 Å². The fraction of sp³-hybridized carbons (Fsp3) is 0.500. The minimum absolute atomic E-state index is 0.0270. The van der Waals surface area contributed by atoms with Gasteiger partial charge in [0.1, 0.15) is 17.2 Å². The third-order valence-corrected chi connectivity index (χ3v) is 2.86. The lowest BCUT2D eigenvalue weighted by Crippen LogP contribution is -2.34. The third-order valence-electron chi connectivity index (χ3n) is 2.86. The molecular weight excluding hydrogens is 236 g/mol. The van der Waals surface area contributed by atoms with Crippen molar-refractivity contribution in [2.24, 2.45) is 0 Å². The van der Waals surface area contributed by atoms with Crippen molar-refractivity contribution >= 4 is 0 Å². The number of halogens is 4. The van der Waals surface area contributed by atoms with E-state index >= 15 is 0 Å². The average molecular weight is 248 g/mol. The monoisotopic (exact) mass is 248 g/mol. The van der Waals surface area contributed by atoms with Gasteiger partial charge in [-0.05, 0) is 38.8 Å². The Bertz CT molecular complexity index is 449. The van der Waals surface area contributed by atoms with Crippen LogP contribution in [-0.2, 0) is 12.6 Å². The first-order valence-electron chi connectivity index (χ1n) is 5.28. The molecule has 5 heteroatoms. The molecule has 0 N–H and O–H groups in total. The Morgan fingerprint density at radius 1 is 1.24 bits per heavy atom. The number of hydrogen-bond donors (Lipinski definition) is 0. The Balaban J connectivity index is 2.59. The highest BCUT2D eigenvalue weighted by Gasteiger charge is 2.40. The van der Waals surface area contributed by atoms with Crippen molar-refractivity contribution < 1.29 is 22.3 Å². The summed E-state index contributed by atoms with van der Waals surface area (Å²) < 4.78 is 57.0. The molecule has 0 saturated carbocycles. The molecule has 1 aromatic rings. The molecule has 0 aliphatic carbocycles. The van der Waals surface area contributed by atoms with Crippen molar-refractivity contribution in [3.05, 3.63) is 29.1 Å². The number of hydrogen-bond acceptors (Lipinski definition) is 1. The summed E-state index contributed by atoms with van der Waals surface area (Å²) in [5.41, 5.74) is -1.57. The highest BCUT2D eigenvalue weighted by Crippen LogP contribution is 2.43. The van der Waals surface area contributed by atoms with Crippen LogP contribution in [0.2, 0.25) is 0 Å². The maximum Gasteiger partial charge on any atom is 0.419 e. The fourth-order valence-corrected chi connectivity index (χ4v) is 1.93. The molecule has 94 valence electrons. The number of rotatable bonds is 0. The van der Waals surface area contributed by atoms with Crippen LogP contribution in [0.25, 0.3) is 0 Å². The van der Waals surface area contributed by atoms with E-state index in [2.05, 4.69) is 0 Å². The van der Waals surface area contributed by atoms with Crippen molar-refractivity contribution in [2.45, 2.75) is 38.5 Å². The van der Waals surface area contributed by atoms with Gasteiger partial charge in [-0.15, -0.1) is 0 Å². The van der Waals surface area contributed by atoms with Gasteiger partial charge in [0.15, 0.2) is 0 Å². The molecule has 0 unspecified atom stereocenters. The third kappa shape index (κ3) is 2.23. The number of benzene rings is 1. The maximum absolute atomic E-state index is 13.4. The van der Waals surface area contributed by atoms with Gasteiger partial charge < -0.3 is 4.74 Å². The number of ether oxygens (including phenoxy) is 1. The molecule has 0 spiro atoms. The predicted octanol–water partition coefficient (Wildman–Crippen LogP) is 3.95. The van der Waals surface area contributed by atoms with Crippen molar-refractivity contribution in [1.82, 2.24) is 0 Å². The molecule has 0 atom stereocenters. The van der Waals surface area contributed by atoms with Gasteiger partial charge in [-0.25, -0.2) is 4.39 Å². The Morgan fingerprint density at radius 2 is 1.88 bits per heavy atom. The highest BCUT2D eigenvalue weighted by atomic mass is 19.4. The first-order valence-corrected chi connectivity index (χ1v) is 5.28. The first-order chi connectivity index (χ1) is 7.71. The molecule has 1 nitrogen and oxygen atoms in total. The van der Waals surface area contributed by atoms with Gasteiger partial charge >= 0.3 is 6.18 Å². The normalized spacial score (nSPS) is 18.5. The zero-order valence-corrected chi connectivity index (χ0v) is 9.49. The molecule has 0 radical (unpaired) electrons. The van der Waals surface area contributed by atoms with E-state index in [1.807, 2.05) is 0 Å². The van der Waals surface area contributed by atoms with Crippen LogP contribution in [0.4, 0.5) is 17.6 Å². The van der Waals surface area contributed by atoms with E-state index in [1.165, 1.54) is 0 Å². The summed E-state index contributed by atoms with van der Waals surface area (Å²) in [6.07, 6.45) is -3.76. The summed E-state index contributed by atoms with van der Waals surface area (Å²) in [6.45, 7) is 3.39. The van der Waals surface area contributed by atoms with Crippen molar-refractivity contribution in [1.29, 1.82) is 0 Å². The lowest BCUT2D eigenvalue weighted by Gasteiger charge is -2.34. The van der Waals surface area contributed by atoms with E-state index in [-0.39, 0.29) is 17.7 Å². The van der Waals surface area contributed by atoms with Crippen molar-refractivity contribution in [2.75, 3.05) is 0 Å². The van der Waals surface area contributed by atoms with Gasteiger partial charge in [-0.2, -0.15) is 13.2 Å². The smallest absolute Gasteiger partial charge is 0.419 e. The summed E-state index contributed by atoms with van der Waals surface area (Å²) in [5.74, 6) is -0.989. The molecular formula is C12H12F4O. The zero-order valence-electron chi connectivity index (χ0n) is 9.49. The van der Waals surface area contributed by atoms with E-state index in [4.69, 9.17) is 4.74 Å². The molecule has 2 rings (SSSR count). The SMILES string of the molecule is CC1(C)CCc2c(F)ccc(C(F)(F)F)c2O1. The lowest BCUT2D eigenvalue weighted by molar-refractivity contribution is -0.140. The van der Waals surface area contributed by atoms with Crippen LogP contribution in [0.1, 0.15) is 31.4 Å².